The number of carbonyl (C=O) groups excluding carboxylic acids is 2. The Labute approximate surface area is 261 Å². The van der Waals surface area contributed by atoms with Crippen molar-refractivity contribution in [3.8, 4) is 17.2 Å². The van der Waals surface area contributed by atoms with E-state index in [0.717, 1.165) is 12.5 Å². The normalized spacial score (nSPS) is 12.0. The van der Waals surface area contributed by atoms with Gasteiger partial charge in [-0.3, -0.25) is 14.3 Å². The maximum absolute atomic E-state index is 13.0. The molecule has 0 aliphatic heterocycles. The van der Waals surface area contributed by atoms with Gasteiger partial charge in [-0.2, -0.15) is 18.3 Å². The van der Waals surface area contributed by atoms with E-state index in [2.05, 4.69) is 20.5 Å². The highest BCUT2D eigenvalue weighted by Gasteiger charge is 2.41. The maximum Gasteiger partial charge on any atom is 0.400 e. The first-order valence-corrected chi connectivity index (χ1v) is 14.4. The van der Waals surface area contributed by atoms with Gasteiger partial charge in [-0.05, 0) is 54.8 Å². The van der Waals surface area contributed by atoms with Crippen molar-refractivity contribution in [1.82, 2.24) is 14.5 Å². The third-order valence-electron chi connectivity index (χ3n) is 6.47. The summed E-state index contributed by atoms with van der Waals surface area (Å²) in [4.78, 5) is 25.5. The molecule has 3 aromatic carbocycles. The molecule has 0 saturated heterocycles. The van der Waals surface area contributed by atoms with E-state index in [1.54, 1.807) is 62.8 Å². The zero-order chi connectivity index (χ0) is 31.9. The molecular formula is C30H29ClF3N5O4S. The predicted molar refractivity (Wildman–Crippen MR) is 163 cm³/mol. The number of rotatable bonds is 12. The van der Waals surface area contributed by atoms with Gasteiger partial charge in [0.05, 0.1) is 49.3 Å². The van der Waals surface area contributed by atoms with Crippen LogP contribution in [0.5, 0.6) is 11.5 Å². The standard InChI is InChI=1S/C30H29ClF3N5O4S/c1-18(30(32,33)34)29(41)38-22-16-35-39(17-22)25-11-9-21(37-28(40)12-19-6-4-5-7-24(19)31)13-27(25)44-36-15-20-8-10-23(42-2)14-26(20)43-3/h4-11,13-14,16-18,36H,12,15H2,1-3H3,(H,37,40)(H,38,41). The van der Waals surface area contributed by atoms with Crippen LogP contribution in [0.4, 0.5) is 24.5 Å². The largest absolute Gasteiger partial charge is 0.497 e. The third-order valence-corrected chi connectivity index (χ3v) is 7.68. The number of amides is 2. The Hall–Kier alpha value is -4.20. The summed E-state index contributed by atoms with van der Waals surface area (Å²) < 4.78 is 54.4. The summed E-state index contributed by atoms with van der Waals surface area (Å²) in [5.41, 5.74) is 2.66. The van der Waals surface area contributed by atoms with Gasteiger partial charge < -0.3 is 20.1 Å². The van der Waals surface area contributed by atoms with Crippen molar-refractivity contribution >= 4 is 46.7 Å². The van der Waals surface area contributed by atoms with E-state index < -0.39 is 18.0 Å². The van der Waals surface area contributed by atoms with Crippen molar-refractivity contribution in [2.75, 3.05) is 24.9 Å². The molecule has 0 fully saturated rings. The highest BCUT2D eigenvalue weighted by atomic mass is 35.5. The van der Waals surface area contributed by atoms with Gasteiger partial charge in [-0.25, -0.2) is 4.68 Å². The lowest BCUT2D eigenvalue weighted by Gasteiger charge is -2.15. The Kier molecular flexibility index (Phi) is 10.8. The summed E-state index contributed by atoms with van der Waals surface area (Å²) in [6.45, 7) is 1.17. The summed E-state index contributed by atoms with van der Waals surface area (Å²) in [6.07, 6.45) is -1.95. The van der Waals surface area contributed by atoms with Crippen LogP contribution in [0, 0.1) is 5.92 Å². The third kappa shape index (κ3) is 8.46. The molecule has 44 heavy (non-hydrogen) atoms. The van der Waals surface area contributed by atoms with Crippen LogP contribution in [0.1, 0.15) is 18.1 Å². The molecular weight excluding hydrogens is 619 g/mol. The molecule has 0 aliphatic rings. The molecule has 14 heteroatoms. The molecule has 1 aromatic heterocycles. The predicted octanol–water partition coefficient (Wildman–Crippen LogP) is 6.66. The van der Waals surface area contributed by atoms with Crippen LogP contribution in [0.25, 0.3) is 5.69 Å². The minimum Gasteiger partial charge on any atom is -0.497 e. The fourth-order valence-electron chi connectivity index (χ4n) is 3.99. The number of hydrogen-bond acceptors (Lipinski definition) is 7. The Bertz CT molecular complexity index is 1630. The van der Waals surface area contributed by atoms with Crippen LogP contribution in [-0.4, -0.2) is 42.0 Å². The van der Waals surface area contributed by atoms with Crippen molar-refractivity contribution in [1.29, 1.82) is 0 Å². The van der Waals surface area contributed by atoms with Crippen molar-refractivity contribution in [3.63, 3.8) is 0 Å². The highest BCUT2D eigenvalue weighted by molar-refractivity contribution is 7.97. The van der Waals surface area contributed by atoms with E-state index in [1.807, 2.05) is 12.1 Å². The second-order valence-corrected chi connectivity index (χ2v) is 10.9. The van der Waals surface area contributed by atoms with E-state index in [0.29, 0.717) is 44.9 Å². The van der Waals surface area contributed by atoms with E-state index >= 15 is 0 Å². The topological polar surface area (TPSA) is 107 Å². The van der Waals surface area contributed by atoms with Crippen molar-refractivity contribution in [2.45, 2.75) is 31.0 Å². The van der Waals surface area contributed by atoms with E-state index in [-0.39, 0.29) is 18.0 Å². The van der Waals surface area contributed by atoms with Crippen LogP contribution in [-0.2, 0) is 22.6 Å². The maximum atomic E-state index is 13.0. The average Bonchev–Trinajstić information content (AvgIpc) is 3.45. The molecule has 1 unspecified atom stereocenters. The fraction of sp³-hybridized carbons (Fsp3) is 0.233. The lowest BCUT2D eigenvalue weighted by atomic mass is 10.1. The van der Waals surface area contributed by atoms with Gasteiger partial charge in [0.2, 0.25) is 11.8 Å². The van der Waals surface area contributed by atoms with Gasteiger partial charge in [0.25, 0.3) is 0 Å². The molecule has 9 nitrogen and oxygen atoms in total. The van der Waals surface area contributed by atoms with Gasteiger partial charge in [-0.1, -0.05) is 35.9 Å². The second kappa shape index (κ2) is 14.5. The summed E-state index contributed by atoms with van der Waals surface area (Å²) in [7, 11) is 3.12. The van der Waals surface area contributed by atoms with Crippen LogP contribution >= 0.6 is 23.5 Å². The number of ether oxygens (including phenoxy) is 2. The first kappa shape index (κ1) is 32.7. The Morgan fingerprint density at radius 1 is 1.00 bits per heavy atom. The molecule has 0 radical (unpaired) electrons. The molecule has 232 valence electrons. The molecule has 1 atom stereocenters. The Balaban J connectivity index is 1.56. The van der Waals surface area contributed by atoms with E-state index in [4.69, 9.17) is 21.1 Å². The number of halogens is 4. The van der Waals surface area contributed by atoms with Crippen LogP contribution in [0.15, 0.2) is 78.0 Å². The number of aromatic nitrogens is 2. The Morgan fingerprint density at radius 3 is 2.48 bits per heavy atom. The lowest BCUT2D eigenvalue weighted by Crippen LogP contribution is -2.32. The van der Waals surface area contributed by atoms with Gasteiger partial charge in [-0.15, -0.1) is 0 Å². The summed E-state index contributed by atoms with van der Waals surface area (Å²) in [5, 5.41) is 9.84. The van der Waals surface area contributed by atoms with Crippen LogP contribution in [0.3, 0.4) is 0 Å². The monoisotopic (exact) mass is 647 g/mol. The van der Waals surface area contributed by atoms with Crippen molar-refractivity contribution in [3.05, 3.63) is 89.2 Å². The summed E-state index contributed by atoms with van der Waals surface area (Å²) in [6, 6.07) is 17.6. The molecule has 3 N–H and O–H groups in total. The van der Waals surface area contributed by atoms with Gasteiger partial charge >= 0.3 is 6.18 Å². The van der Waals surface area contributed by atoms with E-state index in [9.17, 15) is 22.8 Å². The average molecular weight is 648 g/mol. The number of nitrogens with zero attached hydrogens (tertiary/aromatic N) is 2. The van der Waals surface area contributed by atoms with Crippen LogP contribution < -0.4 is 24.8 Å². The molecule has 4 aromatic rings. The molecule has 4 rings (SSSR count). The minimum absolute atomic E-state index is 0.0674. The number of hydrogen-bond donors (Lipinski definition) is 3. The lowest BCUT2D eigenvalue weighted by molar-refractivity contribution is -0.175. The first-order valence-electron chi connectivity index (χ1n) is 13.2. The van der Waals surface area contributed by atoms with Gasteiger partial charge in [0.1, 0.15) is 17.4 Å². The second-order valence-electron chi connectivity index (χ2n) is 9.53. The molecule has 2 amide bonds. The molecule has 0 bridgehead atoms. The van der Waals surface area contributed by atoms with E-state index in [1.165, 1.54) is 29.0 Å². The number of alkyl halides is 3. The number of methoxy groups -OCH3 is 2. The summed E-state index contributed by atoms with van der Waals surface area (Å²) in [5.74, 6) is -2.39. The number of benzene rings is 3. The number of carbonyl (C=O) groups is 2. The number of nitrogens with one attached hydrogen (secondary N) is 3. The van der Waals surface area contributed by atoms with Gasteiger partial charge in [0, 0.05) is 28.9 Å². The zero-order valence-corrected chi connectivity index (χ0v) is 25.4. The van der Waals surface area contributed by atoms with Crippen molar-refractivity contribution < 1.29 is 32.2 Å². The smallest absolute Gasteiger partial charge is 0.400 e. The minimum atomic E-state index is -4.67. The molecule has 0 spiro atoms. The zero-order valence-electron chi connectivity index (χ0n) is 23.9. The first-order chi connectivity index (χ1) is 21.0. The Morgan fingerprint density at radius 2 is 1.77 bits per heavy atom. The SMILES string of the molecule is COc1ccc(CNSc2cc(NC(=O)Cc3ccccc3Cl)ccc2-n2cc(NC(=O)C(C)C(F)(F)F)cn2)c(OC)c1. The molecule has 0 saturated carbocycles. The van der Waals surface area contributed by atoms with Gasteiger partial charge in [0.15, 0.2) is 0 Å². The highest BCUT2D eigenvalue weighted by Crippen LogP contribution is 2.31. The molecule has 0 aliphatic carbocycles. The quantitative estimate of drug-likeness (QED) is 0.148. The van der Waals surface area contributed by atoms with Crippen LogP contribution in [0.2, 0.25) is 5.02 Å². The van der Waals surface area contributed by atoms with Crippen molar-refractivity contribution in [2.24, 2.45) is 5.92 Å². The summed E-state index contributed by atoms with van der Waals surface area (Å²) >= 11 is 7.44. The fourth-order valence-corrected chi connectivity index (χ4v) is 5.03. The number of anilines is 2. The molecule has 1 heterocycles.